The van der Waals surface area contributed by atoms with E-state index in [0.29, 0.717) is 0 Å². The highest BCUT2D eigenvalue weighted by Crippen LogP contribution is 2.31. The fraction of sp³-hybridized carbons (Fsp3) is 0.440. The Morgan fingerprint density at radius 3 is 2.55 bits per heavy atom. The number of anilines is 1. The van der Waals surface area contributed by atoms with Crippen LogP contribution in [0.25, 0.3) is 0 Å². The number of carbonyl (C=O) groups is 2. The number of rotatable bonds is 9. The van der Waals surface area contributed by atoms with Crippen LogP contribution in [0.2, 0.25) is 0 Å². The molecule has 1 heterocycles. The number of benzene rings is 2. The molecule has 0 radical (unpaired) electrons. The second-order valence-electron chi connectivity index (χ2n) is 8.03. The van der Waals surface area contributed by atoms with Gasteiger partial charge in [-0.05, 0) is 55.0 Å². The van der Waals surface area contributed by atoms with E-state index >= 15 is 0 Å². The zero-order chi connectivity index (χ0) is 22.2. The summed E-state index contributed by atoms with van der Waals surface area (Å²) in [7, 11) is 1.43. The van der Waals surface area contributed by atoms with Gasteiger partial charge in [-0.2, -0.15) is 0 Å². The van der Waals surface area contributed by atoms with Gasteiger partial charge in [0.05, 0.1) is 19.6 Å². The number of ether oxygens (including phenoxy) is 1. The van der Waals surface area contributed by atoms with E-state index in [1.165, 1.54) is 43.7 Å². The molecule has 1 atom stereocenters. The van der Waals surface area contributed by atoms with E-state index in [2.05, 4.69) is 35.3 Å². The molecule has 0 aliphatic carbocycles. The summed E-state index contributed by atoms with van der Waals surface area (Å²) in [4.78, 5) is 26.6. The second-order valence-corrected chi connectivity index (χ2v) is 8.03. The zero-order valence-corrected chi connectivity index (χ0v) is 18.4. The van der Waals surface area contributed by atoms with Gasteiger partial charge >= 0.3 is 5.97 Å². The minimum atomic E-state index is -1.05. The van der Waals surface area contributed by atoms with E-state index in [-0.39, 0.29) is 29.7 Å². The standard InChI is InChI=1S/C25H32N2O4/c1-3-9-21(19-10-5-6-11-22(19)27-14-7-4-8-15-27)26-24(28)17-18-12-13-20(25(29)30)23(16-18)31-2/h5-6,10-13,16,21H,3-4,7-9,14-15,17H2,1-2H3,(H,26,28)(H,29,30)/t21-/m1/s1. The van der Waals surface area contributed by atoms with Gasteiger partial charge in [-0.3, -0.25) is 4.79 Å². The molecular weight excluding hydrogens is 392 g/mol. The van der Waals surface area contributed by atoms with Gasteiger partial charge in [0.25, 0.3) is 0 Å². The molecule has 1 saturated heterocycles. The van der Waals surface area contributed by atoms with Crippen LogP contribution in [0.5, 0.6) is 5.75 Å². The Labute approximate surface area is 184 Å². The number of piperidine rings is 1. The molecule has 0 saturated carbocycles. The Hall–Kier alpha value is -3.02. The van der Waals surface area contributed by atoms with Gasteiger partial charge in [-0.1, -0.05) is 37.6 Å². The van der Waals surface area contributed by atoms with Crippen molar-refractivity contribution in [3.05, 3.63) is 59.2 Å². The van der Waals surface area contributed by atoms with Gasteiger partial charge in [-0.15, -0.1) is 0 Å². The van der Waals surface area contributed by atoms with Gasteiger partial charge < -0.3 is 20.1 Å². The lowest BCUT2D eigenvalue weighted by molar-refractivity contribution is -0.121. The molecule has 1 amide bonds. The highest BCUT2D eigenvalue weighted by atomic mass is 16.5. The predicted octanol–water partition coefficient (Wildman–Crippen LogP) is 4.58. The Morgan fingerprint density at radius 1 is 1.13 bits per heavy atom. The van der Waals surface area contributed by atoms with Crippen molar-refractivity contribution >= 4 is 17.6 Å². The van der Waals surface area contributed by atoms with Crippen LogP contribution in [0.4, 0.5) is 5.69 Å². The summed E-state index contributed by atoms with van der Waals surface area (Å²) in [5, 5.41) is 12.5. The zero-order valence-electron chi connectivity index (χ0n) is 18.4. The van der Waals surface area contributed by atoms with Crippen molar-refractivity contribution in [2.45, 2.75) is 51.5 Å². The monoisotopic (exact) mass is 424 g/mol. The molecule has 2 aromatic carbocycles. The molecule has 2 N–H and O–H groups in total. The first-order valence-corrected chi connectivity index (χ1v) is 11.1. The van der Waals surface area contributed by atoms with Crippen molar-refractivity contribution in [3.63, 3.8) is 0 Å². The number of aromatic carboxylic acids is 1. The number of hydrogen-bond donors (Lipinski definition) is 2. The van der Waals surface area contributed by atoms with E-state index in [0.717, 1.165) is 31.5 Å². The van der Waals surface area contributed by atoms with E-state index < -0.39 is 5.97 Å². The SMILES string of the molecule is CCC[C@@H](NC(=O)Cc1ccc(C(=O)O)c(OC)c1)c1ccccc1N1CCCCC1. The molecule has 1 aliphatic rings. The molecule has 0 unspecified atom stereocenters. The molecule has 1 fully saturated rings. The minimum Gasteiger partial charge on any atom is -0.496 e. The third-order valence-corrected chi connectivity index (χ3v) is 5.78. The second kappa shape index (κ2) is 10.8. The van der Waals surface area contributed by atoms with Crippen molar-refractivity contribution in [1.82, 2.24) is 5.32 Å². The number of methoxy groups -OCH3 is 1. The number of amides is 1. The Bertz CT molecular complexity index is 906. The summed E-state index contributed by atoms with van der Waals surface area (Å²) in [6.45, 7) is 4.23. The van der Waals surface area contributed by atoms with Gasteiger partial charge in [0.1, 0.15) is 11.3 Å². The molecular formula is C25H32N2O4. The number of carboxylic acid groups (broad SMARTS) is 1. The number of nitrogens with one attached hydrogen (secondary N) is 1. The Morgan fingerprint density at radius 2 is 1.87 bits per heavy atom. The van der Waals surface area contributed by atoms with Crippen molar-refractivity contribution < 1.29 is 19.4 Å². The summed E-state index contributed by atoms with van der Waals surface area (Å²) in [6, 6.07) is 13.1. The van der Waals surface area contributed by atoms with E-state index in [4.69, 9.17) is 4.74 Å². The van der Waals surface area contributed by atoms with E-state index in [9.17, 15) is 14.7 Å². The van der Waals surface area contributed by atoms with Gasteiger partial charge in [0.15, 0.2) is 0 Å². The van der Waals surface area contributed by atoms with Crippen molar-refractivity contribution in [2.24, 2.45) is 0 Å². The molecule has 6 nitrogen and oxygen atoms in total. The molecule has 2 aromatic rings. The number of carbonyl (C=O) groups excluding carboxylic acids is 1. The lowest BCUT2D eigenvalue weighted by Crippen LogP contribution is -2.34. The lowest BCUT2D eigenvalue weighted by atomic mass is 9.98. The molecule has 6 heteroatoms. The van der Waals surface area contributed by atoms with Crippen molar-refractivity contribution in [3.8, 4) is 5.75 Å². The largest absolute Gasteiger partial charge is 0.496 e. The van der Waals surface area contributed by atoms with Gasteiger partial charge in [-0.25, -0.2) is 4.79 Å². The number of carboxylic acids is 1. The molecule has 0 bridgehead atoms. The minimum absolute atomic E-state index is 0.0594. The summed E-state index contributed by atoms with van der Waals surface area (Å²) in [5.74, 6) is -0.874. The normalized spacial score (nSPS) is 14.7. The maximum atomic E-state index is 12.9. The third kappa shape index (κ3) is 5.78. The molecule has 31 heavy (non-hydrogen) atoms. The average molecular weight is 425 g/mol. The highest BCUT2D eigenvalue weighted by molar-refractivity contribution is 5.91. The van der Waals surface area contributed by atoms with Crippen LogP contribution in [0.15, 0.2) is 42.5 Å². The quantitative estimate of drug-likeness (QED) is 0.616. The predicted molar refractivity (Wildman–Crippen MR) is 122 cm³/mol. The lowest BCUT2D eigenvalue weighted by Gasteiger charge is -2.32. The third-order valence-electron chi connectivity index (χ3n) is 5.78. The fourth-order valence-electron chi connectivity index (χ4n) is 4.25. The molecule has 3 rings (SSSR count). The van der Waals surface area contributed by atoms with E-state index in [1.807, 2.05) is 6.07 Å². The summed E-state index contributed by atoms with van der Waals surface area (Å²) >= 11 is 0. The van der Waals surface area contributed by atoms with Gasteiger partial charge in [0.2, 0.25) is 5.91 Å². The van der Waals surface area contributed by atoms with Crippen molar-refractivity contribution in [2.75, 3.05) is 25.1 Å². The topological polar surface area (TPSA) is 78.9 Å². The maximum absolute atomic E-state index is 12.9. The Kier molecular flexibility index (Phi) is 7.93. The first-order valence-electron chi connectivity index (χ1n) is 11.1. The molecule has 166 valence electrons. The van der Waals surface area contributed by atoms with Crippen LogP contribution in [-0.4, -0.2) is 37.2 Å². The highest BCUT2D eigenvalue weighted by Gasteiger charge is 2.21. The van der Waals surface area contributed by atoms with E-state index in [1.54, 1.807) is 12.1 Å². The Balaban J connectivity index is 1.76. The molecule has 0 aromatic heterocycles. The maximum Gasteiger partial charge on any atom is 0.339 e. The number of para-hydroxylation sites is 1. The summed E-state index contributed by atoms with van der Waals surface area (Å²) in [6.07, 6.45) is 5.67. The van der Waals surface area contributed by atoms with Crippen LogP contribution in [-0.2, 0) is 11.2 Å². The van der Waals surface area contributed by atoms with Crippen molar-refractivity contribution in [1.29, 1.82) is 0 Å². The molecule has 0 spiro atoms. The number of hydrogen-bond acceptors (Lipinski definition) is 4. The summed E-state index contributed by atoms with van der Waals surface area (Å²) in [5.41, 5.74) is 3.19. The van der Waals surface area contributed by atoms with Crippen LogP contribution in [0, 0.1) is 0 Å². The van der Waals surface area contributed by atoms with Crippen LogP contribution in [0.1, 0.15) is 66.6 Å². The van der Waals surface area contributed by atoms with Crippen LogP contribution < -0.4 is 15.0 Å². The van der Waals surface area contributed by atoms with Crippen LogP contribution in [0.3, 0.4) is 0 Å². The number of nitrogens with zero attached hydrogens (tertiary/aromatic N) is 1. The molecule has 1 aliphatic heterocycles. The summed E-state index contributed by atoms with van der Waals surface area (Å²) < 4.78 is 5.18. The first kappa shape index (κ1) is 22.7. The fourth-order valence-corrected chi connectivity index (χ4v) is 4.25. The smallest absolute Gasteiger partial charge is 0.339 e. The average Bonchev–Trinajstić information content (AvgIpc) is 2.79. The van der Waals surface area contributed by atoms with Crippen LogP contribution >= 0.6 is 0 Å². The van der Waals surface area contributed by atoms with Gasteiger partial charge in [0, 0.05) is 18.8 Å². The first-order chi connectivity index (χ1) is 15.0.